The zero-order chi connectivity index (χ0) is 25.5. The Labute approximate surface area is 214 Å². The van der Waals surface area contributed by atoms with Gasteiger partial charge in [-0.15, -0.1) is 0 Å². The maximum Gasteiger partial charge on any atom is 0.243 e. The molecule has 36 heavy (non-hydrogen) atoms. The van der Waals surface area contributed by atoms with E-state index in [2.05, 4.69) is 0 Å². The molecule has 2 aliphatic heterocycles. The lowest BCUT2D eigenvalue weighted by Crippen LogP contribution is -2.40. The Morgan fingerprint density at radius 2 is 1.25 bits per heavy atom. The molecule has 3 atom stereocenters. The van der Waals surface area contributed by atoms with E-state index in [9.17, 15) is 16.8 Å². The molecule has 0 radical (unpaired) electrons. The molecule has 5 rings (SSSR count). The van der Waals surface area contributed by atoms with Crippen LogP contribution in [0.25, 0.3) is 0 Å². The Balaban J connectivity index is 1.56. The zero-order valence-corrected chi connectivity index (χ0v) is 22.0. The van der Waals surface area contributed by atoms with Crippen LogP contribution >= 0.6 is 0 Å². The van der Waals surface area contributed by atoms with E-state index >= 15 is 0 Å². The second-order valence-electron chi connectivity index (χ2n) is 9.63. The first-order valence-electron chi connectivity index (χ1n) is 12.0. The van der Waals surface area contributed by atoms with Gasteiger partial charge in [0.2, 0.25) is 20.0 Å². The highest BCUT2D eigenvalue weighted by Gasteiger charge is 2.47. The molecule has 1 fully saturated rings. The molecule has 0 saturated carbocycles. The molecule has 1 saturated heterocycles. The van der Waals surface area contributed by atoms with E-state index in [0.717, 1.165) is 16.7 Å². The summed E-state index contributed by atoms with van der Waals surface area (Å²) in [5.74, 6) is -0.333. The van der Waals surface area contributed by atoms with Crippen molar-refractivity contribution in [2.45, 2.75) is 29.7 Å². The molecule has 8 heteroatoms. The lowest BCUT2D eigenvalue weighted by Gasteiger charge is -2.34. The van der Waals surface area contributed by atoms with Gasteiger partial charge in [-0.3, -0.25) is 0 Å². The predicted octanol–water partition coefficient (Wildman–Crippen LogP) is 4.54. The molecular formula is C28H30N2O4S2. The Hall–Kier alpha value is -2.78. The Morgan fingerprint density at radius 1 is 0.694 bits per heavy atom. The summed E-state index contributed by atoms with van der Waals surface area (Å²) in [7, 11) is -7.54. The lowest BCUT2D eigenvalue weighted by atomic mass is 9.85. The van der Waals surface area contributed by atoms with Crippen LogP contribution in [0.2, 0.25) is 0 Å². The number of sulfonamides is 2. The SMILES string of the molecule is Cc1ccc(S(=O)(=O)N2CC3C=CCN(S(=O)(=O)c4ccc(C)cc4)C(c4ccccc4)C3C2)cc1. The first-order valence-corrected chi connectivity index (χ1v) is 14.9. The molecule has 188 valence electrons. The number of benzene rings is 3. The molecule has 0 aromatic heterocycles. The Bertz CT molecular complexity index is 1470. The highest BCUT2D eigenvalue weighted by Crippen LogP contribution is 2.44. The largest absolute Gasteiger partial charge is 0.243 e. The molecule has 0 bridgehead atoms. The minimum atomic E-state index is -3.83. The topological polar surface area (TPSA) is 74.8 Å². The van der Waals surface area contributed by atoms with Crippen LogP contribution in [-0.4, -0.2) is 45.1 Å². The fraction of sp³-hybridized carbons (Fsp3) is 0.286. The normalized spacial score (nSPS) is 23.3. The monoisotopic (exact) mass is 522 g/mol. The van der Waals surface area contributed by atoms with E-state index in [1.807, 2.05) is 56.3 Å². The van der Waals surface area contributed by atoms with Crippen molar-refractivity contribution in [1.82, 2.24) is 8.61 Å². The van der Waals surface area contributed by atoms with Gasteiger partial charge in [-0.25, -0.2) is 16.8 Å². The fourth-order valence-corrected chi connectivity index (χ4v) is 8.36. The molecule has 0 N–H and O–H groups in total. The predicted molar refractivity (Wildman–Crippen MR) is 140 cm³/mol. The molecule has 3 unspecified atom stereocenters. The minimum absolute atomic E-state index is 0.103. The quantitative estimate of drug-likeness (QED) is 0.461. The van der Waals surface area contributed by atoms with Gasteiger partial charge < -0.3 is 0 Å². The van der Waals surface area contributed by atoms with Gasteiger partial charge in [-0.2, -0.15) is 8.61 Å². The van der Waals surface area contributed by atoms with Gasteiger partial charge in [0.15, 0.2) is 0 Å². The second-order valence-corrected chi connectivity index (χ2v) is 13.5. The van der Waals surface area contributed by atoms with Crippen molar-refractivity contribution in [3.8, 4) is 0 Å². The Morgan fingerprint density at radius 3 is 1.83 bits per heavy atom. The van der Waals surface area contributed by atoms with Gasteiger partial charge >= 0.3 is 0 Å². The molecule has 3 aromatic carbocycles. The molecule has 0 spiro atoms. The number of rotatable bonds is 5. The molecule has 2 aliphatic rings. The molecule has 0 amide bonds. The highest BCUT2D eigenvalue weighted by molar-refractivity contribution is 7.89. The van der Waals surface area contributed by atoms with Gasteiger partial charge in [0.25, 0.3) is 0 Å². The molecule has 6 nitrogen and oxygen atoms in total. The summed E-state index contributed by atoms with van der Waals surface area (Å²) in [6.45, 7) is 4.63. The molecule has 0 aliphatic carbocycles. The van der Waals surface area contributed by atoms with E-state index in [1.165, 1.54) is 8.61 Å². The van der Waals surface area contributed by atoms with E-state index in [4.69, 9.17) is 0 Å². The summed E-state index contributed by atoms with van der Waals surface area (Å²) >= 11 is 0. The molecule has 3 aromatic rings. The standard InChI is InChI=1S/C28H30N2O4S2/c1-21-10-14-25(15-11-21)35(31,32)29-19-24-9-6-18-30(36(33,34)26-16-12-22(2)13-17-26)28(27(24)20-29)23-7-4-3-5-8-23/h3-17,24,27-28H,18-20H2,1-2H3. The van der Waals surface area contributed by atoms with Crippen LogP contribution in [0, 0.1) is 25.7 Å². The summed E-state index contributed by atoms with van der Waals surface area (Å²) in [5.41, 5.74) is 2.84. The van der Waals surface area contributed by atoms with Crippen LogP contribution in [0.4, 0.5) is 0 Å². The van der Waals surface area contributed by atoms with Crippen molar-refractivity contribution in [3.63, 3.8) is 0 Å². The maximum absolute atomic E-state index is 13.9. The van der Waals surface area contributed by atoms with Crippen LogP contribution in [0.3, 0.4) is 0 Å². The van der Waals surface area contributed by atoms with Crippen molar-refractivity contribution >= 4 is 20.0 Å². The van der Waals surface area contributed by atoms with E-state index < -0.39 is 26.1 Å². The van der Waals surface area contributed by atoms with Crippen LogP contribution in [0.1, 0.15) is 22.7 Å². The average molecular weight is 523 g/mol. The van der Waals surface area contributed by atoms with Crippen LogP contribution in [0.5, 0.6) is 0 Å². The first-order chi connectivity index (χ1) is 17.2. The van der Waals surface area contributed by atoms with Crippen molar-refractivity contribution in [3.05, 3.63) is 108 Å². The number of aryl methyl sites for hydroxylation is 2. The average Bonchev–Trinajstić information content (AvgIpc) is 3.20. The van der Waals surface area contributed by atoms with Crippen molar-refractivity contribution in [1.29, 1.82) is 0 Å². The third kappa shape index (κ3) is 4.54. The smallest absolute Gasteiger partial charge is 0.207 e. The summed E-state index contributed by atoms with van der Waals surface area (Å²) in [6.07, 6.45) is 3.87. The summed E-state index contributed by atoms with van der Waals surface area (Å²) < 4.78 is 57.9. The van der Waals surface area contributed by atoms with Gasteiger partial charge in [0.1, 0.15) is 0 Å². The van der Waals surface area contributed by atoms with E-state index in [-0.39, 0.29) is 34.7 Å². The minimum Gasteiger partial charge on any atom is -0.207 e. The molecular weight excluding hydrogens is 492 g/mol. The highest BCUT2D eigenvalue weighted by atomic mass is 32.2. The number of hydrogen-bond donors (Lipinski definition) is 0. The number of fused-ring (bicyclic) bond motifs is 1. The summed E-state index contributed by atoms with van der Waals surface area (Å²) in [4.78, 5) is 0.497. The van der Waals surface area contributed by atoms with Crippen molar-refractivity contribution in [2.24, 2.45) is 11.8 Å². The Kier molecular flexibility index (Phi) is 6.63. The molecule has 2 heterocycles. The first kappa shape index (κ1) is 24.9. The second kappa shape index (κ2) is 9.59. The van der Waals surface area contributed by atoms with Gasteiger partial charge in [-0.1, -0.05) is 77.9 Å². The lowest BCUT2D eigenvalue weighted by molar-refractivity contribution is 0.247. The van der Waals surface area contributed by atoms with E-state index in [1.54, 1.807) is 48.5 Å². The van der Waals surface area contributed by atoms with Crippen LogP contribution < -0.4 is 0 Å². The van der Waals surface area contributed by atoms with Gasteiger partial charge in [0.05, 0.1) is 15.8 Å². The van der Waals surface area contributed by atoms with Crippen molar-refractivity contribution in [2.75, 3.05) is 19.6 Å². The number of hydrogen-bond acceptors (Lipinski definition) is 4. The van der Waals surface area contributed by atoms with Crippen molar-refractivity contribution < 1.29 is 16.8 Å². The third-order valence-electron chi connectivity index (χ3n) is 7.19. The number of nitrogens with zero attached hydrogens (tertiary/aromatic N) is 2. The van der Waals surface area contributed by atoms with Gasteiger partial charge in [-0.05, 0) is 49.6 Å². The van der Waals surface area contributed by atoms with Crippen LogP contribution in [0.15, 0.2) is 101 Å². The summed E-state index contributed by atoms with van der Waals surface area (Å²) in [5, 5.41) is 0. The van der Waals surface area contributed by atoms with Crippen LogP contribution in [-0.2, 0) is 20.0 Å². The zero-order valence-electron chi connectivity index (χ0n) is 20.4. The van der Waals surface area contributed by atoms with Gasteiger partial charge in [0, 0.05) is 25.6 Å². The third-order valence-corrected chi connectivity index (χ3v) is 10.9. The maximum atomic E-state index is 13.9. The van der Waals surface area contributed by atoms with E-state index in [0.29, 0.717) is 6.54 Å². The fourth-order valence-electron chi connectivity index (χ4n) is 5.23. The summed E-state index contributed by atoms with van der Waals surface area (Å²) in [6, 6.07) is 22.8.